The molecule has 0 radical (unpaired) electrons. The van der Waals surface area contributed by atoms with Crippen molar-refractivity contribution in [2.24, 2.45) is 5.73 Å². The topological polar surface area (TPSA) is 72.2 Å². The summed E-state index contributed by atoms with van der Waals surface area (Å²) in [6.07, 6.45) is 0.311. The third-order valence-electron chi connectivity index (χ3n) is 0.785. The van der Waals surface area contributed by atoms with Crippen LogP contribution in [0.1, 0.15) is 13.3 Å². The van der Waals surface area contributed by atoms with Gasteiger partial charge in [0.25, 0.3) is 0 Å². The first kappa shape index (κ1) is 8.10. The van der Waals surface area contributed by atoms with E-state index in [-0.39, 0.29) is 12.5 Å². The van der Waals surface area contributed by atoms with Crippen LogP contribution in [-0.2, 0) is 9.59 Å². The molecule has 0 aliphatic carbocycles. The summed E-state index contributed by atoms with van der Waals surface area (Å²) in [6.45, 7) is 1.53. The molecule has 0 rings (SSSR count). The van der Waals surface area contributed by atoms with Gasteiger partial charge in [-0.25, -0.2) is 0 Å². The monoisotopic (exact) mass is 130 g/mol. The number of rotatable bonds is 2. The molecule has 0 spiro atoms. The van der Waals surface area contributed by atoms with Crippen LogP contribution in [0, 0.1) is 0 Å². The summed E-state index contributed by atoms with van der Waals surface area (Å²) in [5.41, 5.74) is 4.91. The second kappa shape index (κ2) is 4.03. The summed E-state index contributed by atoms with van der Waals surface area (Å²) < 4.78 is 0. The van der Waals surface area contributed by atoms with E-state index in [4.69, 9.17) is 5.73 Å². The van der Waals surface area contributed by atoms with Crippen molar-refractivity contribution >= 4 is 11.8 Å². The van der Waals surface area contributed by atoms with Gasteiger partial charge in [-0.2, -0.15) is 0 Å². The van der Waals surface area contributed by atoms with E-state index in [1.807, 2.05) is 0 Å². The summed E-state index contributed by atoms with van der Waals surface area (Å²) in [5.74, 6) is -0.715. The smallest absolute Gasteiger partial charge is 0.240 e. The van der Waals surface area contributed by atoms with E-state index in [1.54, 1.807) is 6.92 Å². The number of nitrogens with one attached hydrogen (secondary N) is 1. The third-order valence-corrected chi connectivity index (χ3v) is 0.785. The van der Waals surface area contributed by atoms with Crippen LogP contribution in [0.2, 0.25) is 0 Å². The SMILES string of the molecule is CCC(=O)NC(=O)CN. The minimum Gasteiger partial charge on any atom is -0.322 e. The van der Waals surface area contributed by atoms with E-state index in [1.165, 1.54) is 0 Å². The minimum absolute atomic E-state index is 0.133. The Bertz CT molecular complexity index is 108. The van der Waals surface area contributed by atoms with E-state index in [0.29, 0.717) is 6.42 Å². The summed E-state index contributed by atoms with van der Waals surface area (Å²) in [5, 5.41) is 2.08. The highest BCUT2D eigenvalue weighted by molar-refractivity contribution is 5.95. The van der Waals surface area contributed by atoms with Gasteiger partial charge in [0.2, 0.25) is 11.8 Å². The molecule has 4 nitrogen and oxygen atoms in total. The first-order valence-corrected chi connectivity index (χ1v) is 2.73. The third kappa shape index (κ3) is 3.66. The zero-order valence-electron chi connectivity index (χ0n) is 5.31. The van der Waals surface area contributed by atoms with Crippen LogP contribution < -0.4 is 11.1 Å². The molecular weight excluding hydrogens is 120 g/mol. The summed E-state index contributed by atoms with van der Waals surface area (Å²) in [4.78, 5) is 20.7. The molecular formula is C5H10N2O2. The van der Waals surface area contributed by atoms with Crippen LogP contribution in [-0.4, -0.2) is 18.4 Å². The lowest BCUT2D eigenvalue weighted by atomic mass is 10.4. The van der Waals surface area contributed by atoms with Crippen LogP contribution in [0.25, 0.3) is 0 Å². The van der Waals surface area contributed by atoms with Crippen molar-refractivity contribution in [3.63, 3.8) is 0 Å². The highest BCUT2D eigenvalue weighted by Crippen LogP contribution is 1.72. The van der Waals surface area contributed by atoms with Crippen molar-refractivity contribution in [1.82, 2.24) is 5.32 Å². The Balaban J connectivity index is 3.47. The van der Waals surface area contributed by atoms with Gasteiger partial charge in [-0.1, -0.05) is 6.92 Å². The number of carbonyl (C=O) groups excluding carboxylic acids is 2. The van der Waals surface area contributed by atoms with Gasteiger partial charge in [-0.15, -0.1) is 0 Å². The molecule has 4 heteroatoms. The Morgan fingerprint density at radius 2 is 2.00 bits per heavy atom. The molecule has 0 unspecified atom stereocenters. The van der Waals surface area contributed by atoms with Gasteiger partial charge in [0.1, 0.15) is 0 Å². The number of imide groups is 1. The van der Waals surface area contributed by atoms with Gasteiger partial charge < -0.3 is 5.73 Å². The Labute approximate surface area is 53.4 Å². The summed E-state index contributed by atoms with van der Waals surface area (Å²) >= 11 is 0. The quantitative estimate of drug-likeness (QED) is 0.503. The fourth-order valence-corrected chi connectivity index (χ4v) is 0.295. The number of hydrogen-bond donors (Lipinski definition) is 2. The molecule has 0 aromatic rings. The van der Waals surface area contributed by atoms with Gasteiger partial charge in [0, 0.05) is 6.42 Å². The zero-order chi connectivity index (χ0) is 7.28. The van der Waals surface area contributed by atoms with Gasteiger partial charge in [0.05, 0.1) is 6.54 Å². The largest absolute Gasteiger partial charge is 0.322 e. The lowest BCUT2D eigenvalue weighted by molar-refractivity contribution is -0.129. The number of hydrogen-bond acceptors (Lipinski definition) is 3. The molecule has 0 aromatic heterocycles. The summed E-state index contributed by atoms with van der Waals surface area (Å²) in [6, 6.07) is 0. The van der Waals surface area contributed by atoms with Gasteiger partial charge in [0.15, 0.2) is 0 Å². The standard InChI is InChI=1S/C5H10N2O2/c1-2-4(8)7-5(9)3-6/h2-3,6H2,1H3,(H,7,8,9). The average Bonchev–Trinajstić information content (AvgIpc) is 1.87. The number of amides is 2. The molecule has 3 N–H and O–H groups in total. The van der Waals surface area contributed by atoms with Crippen molar-refractivity contribution in [1.29, 1.82) is 0 Å². The van der Waals surface area contributed by atoms with E-state index < -0.39 is 5.91 Å². The number of nitrogens with two attached hydrogens (primary N) is 1. The van der Waals surface area contributed by atoms with Gasteiger partial charge in [-0.05, 0) is 0 Å². The van der Waals surface area contributed by atoms with Crippen LogP contribution in [0.4, 0.5) is 0 Å². The minimum atomic E-state index is -0.429. The lowest BCUT2D eigenvalue weighted by Gasteiger charge is -1.96. The first-order chi connectivity index (χ1) is 4.20. The Morgan fingerprint density at radius 1 is 1.44 bits per heavy atom. The molecule has 2 amide bonds. The van der Waals surface area contributed by atoms with Crippen LogP contribution in [0.15, 0.2) is 0 Å². The maximum Gasteiger partial charge on any atom is 0.240 e. The zero-order valence-corrected chi connectivity index (χ0v) is 5.31. The van der Waals surface area contributed by atoms with Crippen LogP contribution >= 0.6 is 0 Å². The molecule has 0 atom stereocenters. The molecule has 52 valence electrons. The molecule has 0 bridgehead atoms. The van der Waals surface area contributed by atoms with E-state index in [2.05, 4.69) is 5.32 Å². The predicted octanol–water partition coefficient (Wildman–Crippen LogP) is -1.00. The second-order valence-electron chi connectivity index (χ2n) is 1.53. The Morgan fingerprint density at radius 3 is 2.33 bits per heavy atom. The van der Waals surface area contributed by atoms with Crippen molar-refractivity contribution < 1.29 is 9.59 Å². The van der Waals surface area contributed by atoms with Crippen molar-refractivity contribution in [2.75, 3.05) is 6.54 Å². The fourth-order valence-electron chi connectivity index (χ4n) is 0.295. The molecule has 0 aliphatic rings. The molecule has 0 saturated heterocycles. The molecule has 9 heavy (non-hydrogen) atoms. The Hall–Kier alpha value is -0.900. The maximum atomic E-state index is 10.4. The maximum absolute atomic E-state index is 10.4. The first-order valence-electron chi connectivity index (χ1n) is 2.73. The molecule has 0 aromatic carbocycles. The fraction of sp³-hybridized carbons (Fsp3) is 0.600. The van der Waals surface area contributed by atoms with Crippen molar-refractivity contribution in [2.45, 2.75) is 13.3 Å². The Kier molecular flexibility index (Phi) is 3.62. The summed E-state index contributed by atoms with van der Waals surface area (Å²) in [7, 11) is 0. The molecule has 0 saturated carbocycles. The highest BCUT2D eigenvalue weighted by Gasteiger charge is 2.00. The highest BCUT2D eigenvalue weighted by atomic mass is 16.2. The molecule has 0 heterocycles. The molecule has 0 fully saturated rings. The second-order valence-corrected chi connectivity index (χ2v) is 1.53. The van der Waals surface area contributed by atoms with Crippen molar-refractivity contribution in [3.05, 3.63) is 0 Å². The van der Waals surface area contributed by atoms with E-state index in [9.17, 15) is 9.59 Å². The lowest BCUT2D eigenvalue weighted by Crippen LogP contribution is -2.34. The average molecular weight is 130 g/mol. The van der Waals surface area contributed by atoms with Crippen molar-refractivity contribution in [3.8, 4) is 0 Å². The van der Waals surface area contributed by atoms with Crippen LogP contribution in [0.3, 0.4) is 0 Å². The van der Waals surface area contributed by atoms with Gasteiger partial charge >= 0.3 is 0 Å². The molecule has 0 aliphatic heterocycles. The normalized spacial score (nSPS) is 8.67. The van der Waals surface area contributed by atoms with E-state index in [0.717, 1.165) is 0 Å². The predicted molar refractivity (Wildman–Crippen MR) is 32.5 cm³/mol. The van der Waals surface area contributed by atoms with Gasteiger partial charge in [-0.3, -0.25) is 14.9 Å². The van der Waals surface area contributed by atoms with E-state index >= 15 is 0 Å². The van der Waals surface area contributed by atoms with Crippen LogP contribution in [0.5, 0.6) is 0 Å². The number of carbonyl (C=O) groups is 2.